The van der Waals surface area contributed by atoms with Crippen LogP contribution in [0.15, 0.2) is 54.6 Å². The van der Waals surface area contributed by atoms with E-state index in [-0.39, 0.29) is 5.75 Å². The molecule has 0 saturated carbocycles. The third kappa shape index (κ3) is 2.96. The van der Waals surface area contributed by atoms with Crippen molar-refractivity contribution in [3.05, 3.63) is 54.6 Å². The van der Waals surface area contributed by atoms with Gasteiger partial charge in [-0.05, 0) is 0 Å². The molecule has 2 rings (SSSR count). The maximum absolute atomic E-state index is 9.50. The minimum atomic E-state index is -1.55. The first-order chi connectivity index (χ1) is 7.36. The van der Waals surface area contributed by atoms with Gasteiger partial charge in [0.2, 0.25) is 0 Å². The van der Waals surface area contributed by atoms with E-state index in [9.17, 15) is 5.11 Å². The Kier molecular flexibility index (Phi) is 3.61. The first kappa shape index (κ1) is 10.5. The molecule has 0 spiro atoms. The summed E-state index contributed by atoms with van der Waals surface area (Å²) in [6.07, 6.45) is 0. The predicted molar refractivity (Wildman–Crippen MR) is 54.8 cm³/mol. The summed E-state index contributed by atoms with van der Waals surface area (Å²) in [4.78, 5) is 0. The Labute approximate surface area is 102 Å². The molecule has 2 aromatic carbocycles. The first-order valence-corrected chi connectivity index (χ1v) is 9.80. The van der Waals surface area contributed by atoms with Gasteiger partial charge in [0.1, 0.15) is 0 Å². The van der Waals surface area contributed by atoms with Crippen molar-refractivity contribution in [3.63, 3.8) is 0 Å². The van der Waals surface area contributed by atoms with E-state index < -0.39 is 25.0 Å². The van der Waals surface area contributed by atoms with E-state index in [0.29, 0.717) is 5.75 Å². The molecule has 0 aromatic heterocycles. The van der Waals surface area contributed by atoms with Crippen molar-refractivity contribution < 1.29 is 32.8 Å². The number of phenolic OH excluding ortho intramolecular Hbond substituents is 1. The zero-order chi connectivity index (χ0) is 10.5. The average Bonchev–Trinajstić information content (AvgIpc) is 2.29. The molecule has 0 bridgehead atoms. The average molecular weight is 387 g/mol. The van der Waals surface area contributed by atoms with E-state index in [2.05, 4.69) is 12.1 Å². The Bertz CT molecular complexity index is 429. The molecule has 0 heterocycles. The molecule has 3 heteroatoms. The van der Waals surface area contributed by atoms with Crippen molar-refractivity contribution in [1.29, 1.82) is 0 Å². The Hall–Kier alpha value is -1.02. The number of hydrogen-bond donors (Lipinski definition) is 1. The number of hydrogen-bond acceptors (Lipinski definition) is 2. The van der Waals surface area contributed by atoms with Crippen molar-refractivity contribution in [1.82, 2.24) is 0 Å². The molecule has 0 saturated heterocycles. The fourth-order valence-electron chi connectivity index (χ4n) is 1.31. The van der Waals surface area contributed by atoms with Gasteiger partial charge in [-0.1, -0.05) is 0 Å². The number of aromatic hydroxyl groups is 1. The van der Waals surface area contributed by atoms with Gasteiger partial charge in [-0.2, -0.15) is 0 Å². The fraction of sp³-hybridized carbons (Fsp3) is 0. The van der Waals surface area contributed by atoms with Crippen LogP contribution >= 0.6 is 0 Å². The Balaban J connectivity index is 2.03. The molecule has 0 aliphatic carbocycles. The number of benzene rings is 2. The predicted octanol–water partition coefficient (Wildman–Crippen LogP) is 2.09. The van der Waals surface area contributed by atoms with Gasteiger partial charge in [0.15, 0.2) is 0 Å². The summed E-state index contributed by atoms with van der Waals surface area (Å²) in [6.45, 7) is 0. The van der Waals surface area contributed by atoms with Crippen LogP contribution in [0.2, 0.25) is 0 Å². The summed E-state index contributed by atoms with van der Waals surface area (Å²) in [7, 11) is 0. The van der Waals surface area contributed by atoms with Gasteiger partial charge in [0.25, 0.3) is 0 Å². The maximum atomic E-state index is 9.50. The van der Waals surface area contributed by atoms with Crippen LogP contribution < -0.4 is 5.72 Å². The van der Waals surface area contributed by atoms with E-state index in [1.807, 2.05) is 24.3 Å². The summed E-state index contributed by atoms with van der Waals surface area (Å²) < 4.78 is 7.00. The molecule has 0 aliphatic heterocycles. The Morgan fingerprint density at radius 1 is 0.867 bits per heavy atom. The van der Waals surface area contributed by atoms with E-state index in [0.717, 1.165) is 0 Å². The molecule has 0 aliphatic rings. The van der Waals surface area contributed by atoms with Gasteiger partial charge < -0.3 is 0 Å². The fourth-order valence-corrected chi connectivity index (χ4v) is 5.32. The van der Waals surface area contributed by atoms with Gasteiger partial charge in [0, 0.05) is 0 Å². The molecule has 2 aromatic rings. The molecule has 0 radical (unpaired) electrons. The van der Waals surface area contributed by atoms with Crippen molar-refractivity contribution in [2.45, 2.75) is 0 Å². The molecule has 15 heavy (non-hydrogen) atoms. The summed E-state index contributed by atoms with van der Waals surface area (Å²) >= 11 is -1.55. The number of para-hydroxylation sites is 2. The van der Waals surface area contributed by atoms with Crippen LogP contribution in [0.25, 0.3) is 0 Å². The molecule has 0 fully saturated rings. The monoisotopic (exact) mass is 388 g/mol. The molecule has 2 nitrogen and oxygen atoms in total. The summed E-state index contributed by atoms with van der Waals surface area (Å²) in [5, 5.41) is 9.50. The van der Waals surface area contributed by atoms with Gasteiger partial charge in [-0.3, -0.25) is 0 Å². The van der Waals surface area contributed by atoms with E-state index in [1.165, 1.54) is 3.07 Å². The third-order valence-corrected chi connectivity index (χ3v) is 7.00. The number of phenols is 1. The van der Waals surface area contributed by atoms with Gasteiger partial charge in [-0.25, -0.2) is 0 Å². The second-order valence-electron chi connectivity index (χ2n) is 3.24. The second-order valence-corrected chi connectivity index (χ2v) is 8.66. The van der Waals surface area contributed by atoms with E-state index in [1.54, 1.807) is 18.2 Å². The van der Waals surface area contributed by atoms with Crippen LogP contribution in [0.5, 0.6) is 11.5 Å². The molecular formula is C12H10HgO2. The van der Waals surface area contributed by atoms with Crippen LogP contribution in [0, 0.1) is 0 Å². The summed E-state index contributed by atoms with van der Waals surface area (Å²) in [5.74, 6) is 0.844. The Morgan fingerprint density at radius 3 is 2.27 bits per heavy atom. The Morgan fingerprint density at radius 2 is 1.53 bits per heavy atom. The van der Waals surface area contributed by atoms with Crippen LogP contribution in [0.3, 0.4) is 0 Å². The molecular weight excluding hydrogens is 377 g/mol. The van der Waals surface area contributed by atoms with Crippen molar-refractivity contribution in [2.75, 3.05) is 0 Å². The van der Waals surface area contributed by atoms with E-state index in [4.69, 9.17) is 2.64 Å². The topological polar surface area (TPSA) is 29.5 Å². The zero-order valence-corrected chi connectivity index (χ0v) is 13.8. The molecule has 0 unspecified atom stereocenters. The van der Waals surface area contributed by atoms with Crippen molar-refractivity contribution >= 4 is 3.07 Å². The number of rotatable bonds is 3. The minimum absolute atomic E-state index is 0.230. The SMILES string of the molecule is Oc1ccccc1[O][Hg][c]1ccccc1. The quantitative estimate of drug-likeness (QED) is 0.819. The van der Waals surface area contributed by atoms with Gasteiger partial charge >= 0.3 is 102 Å². The molecule has 0 atom stereocenters. The van der Waals surface area contributed by atoms with Crippen LogP contribution in [0.1, 0.15) is 0 Å². The third-order valence-electron chi connectivity index (χ3n) is 2.10. The normalized spacial score (nSPS) is 9.33. The second kappa shape index (κ2) is 5.17. The standard InChI is InChI=1S/C6H6O2.C6H5.Hg/c7-5-3-1-2-4-6(5)8;1-2-4-6-5-3-1;/h1-4,7-8H;1-5H;/q;;+1/p-1. The van der Waals surface area contributed by atoms with Crippen LogP contribution in [0.4, 0.5) is 0 Å². The van der Waals surface area contributed by atoms with Crippen molar-refractivity contribution in [2.24, 2.45) is 0 Å². The summed E-state index contributed by atoms with van der Waals surface area (Å²) in [6, 6.07) is 17.3. The van der Waals surface area contributed by atoms with E-state index >= 15 is 0 Å². The molecule has 1 N–H and O–H groups in total. The van der Waals surface area contributed by atoms with Crippen LogP contribution in [-0.2, 0) is 25.0 Å². The molecule has 72 valence electrons. The summed E-state index contributed by atoms with van der Waals surface area (Å²) in [5.41, 5.74) is 0. The molecule has 0 amide bonds. The first-order valence-electron chi connectivity index (χ1n) is 4.81. The van der Waals surface area contributed by atoms with Crippen molar-refractivity contribution in [3.8, 4) is 11.5 Å². The van der Waals surface area contributed by atoms with Crippen LogP contribution in [-0.4, -0.2) is 5.11 Å². The van der Waals surface area contributed by atoms with Gasteiger partial charge in [-0.15, -0.1) is 0 Å². The zero-order valence-electron chi connectivity index (χ0n) is 8.26. The van der Waals surface area contributed by atoms with Gasteiger partial charge in [0.05, 0.1) is 0 Å².